The van der Waals surface area contributed by atoms with E-state index in [4.69, 9.17) is 10.5 Å². The van der Waals surface area contributed by atoms with Crippen molar-refractivity contribution in [3.05, 3.63) is 68.3 Å². The average Bonchev–Trinajstić information content (AvgIpc) is 2.99. The fraction of sp³-hybridized carbons (Fsp3) is 0.0588. The zero-order valence-electron chi connectivity index (χ0n) is 11.8. The van der Waals surface area contributed by atoms with Gasteiger partial charge in [0.25, 0.3) is 0 Å². The zero-order chi connectivity index (χ0) is 16.0. The van der Waals surface area contributed by atoms with Gasteiger partial charge < -0.3 is 10.5 Å². The molecule has 23 heavy (non-hydrogen) atoms. The molecule has 3 heterocycles. The minimum Gasteiger partial charge on any atom is -0.438 e. The molecule has 0 aliphatic carbocycles. The molecule has 0 radical (unpaired) electrons. The van der Waals surface area contributed by atoms with E-state index < -0.39 is 0 Å². The summed E-state index contributed by atoms with van der Waals surface area (Å²) in [7, 11) is 0. The first-order valence-corrected chi connectivity index (χ1v) is 8.55. The van der Waals surface area contributed by atoms with Crippen LogP contribution in [0.1, 0.15) is 16.4 Å². The van der Waals surface area contributed by atoms with Crippen molar-refractivity contribution in [1.29, 1.82) is 5.26 Å². The van der Waals surface area contributed by atoms with E-state index in [1.807, 2.05) is 35.7 Å². The summed E-state index contributed by atoms with van der Waals surface area (Å²) in [5, 5.41) is 12.5. The lowest BCUT2D eigenvalue weighted by Crippen LogP contribution is -2.20. The largest absolute Gasteiger partial charge is 0.438 e. The van der Waals surface area contributed by atoms with Crippen LogP contribution in [-0.2, 0) is 0 Å². The number of fused-ring (bicyclic) bond motifs is 3. The van der Waals surface area contributed by atoms with Crippen LogP contribution in [-0.4, -0.2) is 4.98 Å². The first-order chi connectivity index (χ1) is 11.2. The number of aromatic nitrogens is 1. The summed E-state index contributed by atoms with van der Waals surface area (Å²) in [4.78, 5) is 5.46. The number of allylic oxidation sites excluding steroid dienone is 1. The minimum atomic E-state index is -0.230. The van der Waals surface area contributed by atoms with E-state index in [-0.39, 0.29) is 11.8 Å². The fourth-order valence-corrected chi connectivity index (χ4v) is 4.40. The van der Waals surface area contributed by atoms with Gasteiger partial charge in [0.05, 0.1) is 5.92 Å². The summed E-state index contributed by atoms with van der Waals surface area (Å²) in [6.45, 7) is 0. The smallest absolute Gasteiger partial charge is 0.205 e. The van der Waals surface area contributed by atoms with Crippen molar-refractivity contribution < 1.29 is 4.74 Å². The molecule has 2 N–H and O–H groups in total. The third kappa shape index (κ3) is 2.21. The molecule has 4 rings (SSSR count). The predicted molar refractivity (Wildman–Crippen MR) is 93.1 cm³/mol. The molecule has 0 bridgehead atoms. The lowest BCUT2D eigenvalue weighted by atomic mass is 9.87. The lowest BCUT2D eigenvalue weighted by molar-refractivity contribution is 0.398. The summed E-state index contributed by atoms with van der Waals surface area (Å²) in [6, 6.07) is 12.1. The predicted octanol–water partition coefficient (Wildman–Crippen LogP) is 4.28. The topological polar surface area (TPSA) is 71.9 Å². The third-order valence-electron chi connectivity index (χ3n) is 3.83. The number of pyridine rings is 1. The Bertz CT molecular complexity index is 1000. The molecule has 4 nitrogen and oxygen atoms in total. The Morgan fingerprint density at radius 3 is 2.96 bits per heavy atom. The van der Waals surface area contributed by atoms with E-state index in [1.54, 1.807) is 17.5 Å². The Kier molecular flexibility index (Phi) is 3.33. The van der Waals surface area contributed by atoms with Crippen LogP contribution in [0.25, 0.3) is 10.9 Å². The van der Waals surface area contributed by atoms with E-state index in [1.165, 1.54) is 0 Å². The van der Waals surface area contributed by atoms with Crippen LogP contribution >= 0.6 is 27.3 Å². The second-order valence-corrected chi connectivity index (χ2v) is 7.01. The molecule has 0 saturated carbocycles. The normalized spacial score (nSPS) is 16.8. The molecule has 3 aromatic rings. The van der Waals surface area contributed by atoms with Crippen molar-refractivity contribution in [2.45, 2.75) is 5.92 Å². The molecule has 2 aromatic heterocycles. The van der Waals surface area contributed by atoms with Gasteiger partial charge in [0.2, 0.25) is 5.88 Å². The van der Waals surface area contributed by atoms with E-state index in [0.717, 1.165) is 25.8 Å². The van der Waals surface area contributed by atoms with Crippen LogP contribution in [0, 0.1) is 11.3 Å². The molecule has 1 atom stereocenters. The standard InChI is InChI=1S/C17H10BrN3OS/c18-10-6-13(23-8-10)14-11-4-3-9-2-1-5-21-15(9)16(11)22-17(20)12(14)7-19/h1-6,8,14H,20H2. The van der Waals surface area contributed by atoms with Gasteiger partial charge in [-0.3, -0.25) is 4.98 Å². The molecule has 0 spiro atoms. The van der Waals surface area contributed by atoms with Crippen molar-refractivity contribution >= 4 is 38.2 Å². The monoisotopic (exact) mass is 383 g/mol. The number of thiophene rings is 1. The van der Waals surface area contributed by atoms with Crippen LogP contribution in [0.15, 0.2) is 57.8 Å². The van der Waals surface area contributed by atoms with Gasteiger partial charge in [-0.2, -0.15) is 5.26 Å². The highest BCUT2D eigenvalue weighted by Gasteiger charge is 2.32. The highest BCUT2D eigenvalue weighted by atomic mass is 79.9. The van der Waals surface area contributed by atoms with Crippen molar-refractivity contribution in [3.63, 3.8) is 0 Å². The number of benzene rings is 1. The molecule has 1 aliphatic heterocycles. The maximum atomic E-state index is 9.55. The quantitative estimate of drug-likeness (QED) is 0.680. The summed E-state index contributed by atoms with van der Waals surface area (Å²) in [6.07, 6.45) is 1.72. The van der Waals surface area contributed by atoms with Crippen LogP contribution in [0.5, 0.6) is 5.75 Å². The Balaban J connectivity index is 2.02. The maximum Gasteiger partial charge on any atom is 0.205 e. The molecule has 112 valence electrons. The zero-order valence-corrected chi connectivity index (χ0v) is 14.2. The number of nitriles is 1. The molecule has 0 fully saturated rings. The van der Waals surface area contributed by atoms with Gasteiger partial charge >= 0.3 is 0 Å². The number of nitrogens with two attached hydrogens (primary N) is 1. The molecular weight excluding hydrogens is 374 g/mol. The van der Waals surface area contributed by atoms with Crippen molar-refractivity contribution in [2.75, 3.05) is 0 Å². The SMILES string of the molecule is N#CC1=C(N)Oc2c(ccc3cccnc23)C1c1cc(Br)cs1. The molecule has 6 heteroatoms. The minimum absolute atomic E-state index is 0.146. The van der Waals surface area contributed by atoms with E-state index in [9.17, 15) is 5.26 Å². The van der Waals surface area contributed by atoms with Crippen molar-refractivity contribution in [3.8, 4) is 11.8 Å². The summed E-state index contributed by atoms with van der Waals surface area (Å²) >= 11 is 5.05. The molecule has 0 saturated heterocycles. The van der Waals surface area contributed by atoms with Crippen molar-refractivity contribution in [1.82, 2.24) is 4.98 Å². The van der Waals surface area contributed by atoms with Crippen molar-refractivity contribution in [2.24, 2.45) is 5.73 Å². The molecule has 0 amide bonds. The van der Waals surface area contributed by atoms with Gasteiger partial charge in [0, 0.05) is 31.9 Å². The molecule has 1 unspecified atom stereocenters. The number of ether oxygens (including phenoxy) is 1. The van der Waals surface area contributed by atoms with E-state index in [2.05, 4.69) is 27.0 Å². The Morgan fingerprint density at radius 2 is 2.22 bits per heavy atom. The summed E-state index contributed by atoms with van der Waals surface area (Å²) < 4.78 is 6.76. The molecule has 1 aromatic carbocycles. The second-order valence-electron chi connectivity index (χ2n) is 5.15. The van der Waals surface area contributed by atoms with Crippen LogP contribution in [0.4, 0.5) is 0 Å². The third-order valence-corrected chi connectivity index (χ3v) is 5.59. The lowest BCUT2D eigenvalue weighted by Gasteiger charge is -2.26. The number of hydrogen-bond donors (Lipinski definition) is 1. The summed E-state index contributed by atoms with van der Waals surface area (Å²) in [5.74, 6) is 0.549. The van der Waals surface area contributed by atoms with Crippen LogP contribution in [0.2, 0.25) is 0 Å². The Hall–Kier alpha value is -2.36. The van der Waals surface area contributed by atoms with Gasteiger partial charge in [-0.15, -0.1) is 11.3 Å². The van der Waals surface area contributed by atoms with Gasteiger partial charge in [-0.05, 0) is 28.1 Å². The molecule has 1 aliphatic rings. The number of hydrogen-bond acceptors (Lipinski definition) is 5. The Morgan fingerprint density at radius 1 is 1.35 bits per heavy atom. The average molecular weight is 384 g/mol. The fourth-order valence-electron chi connectivity index (χ4n) is 2.83. The van der Waals surface area contributed by atoms with Gasteiger partial charge in [0.1, 0.15) is 17.2 Å². The number of halogens is 1. The van der Waals surface area contributed by atoms with E-state index >= 15 is 0 Å². The number of rotatable bonds is 1. The van der Waals surface area contributed by atoms with Crippen LogP contribution in [0.3, 0.4) is 0 Å². The first kappa shape index (κ1) is 14.2. The van der Waals surface area contributed by atoms with E-state index in [0.29, 0.717) is 11.3 Å². The highest BCUT2D eigenvalue weighted by molar-refractivity contribution is 9.10. The van der Waals surface area contributed by atoms with Crippen LogP contribution < -0.4 is 10.5 Å². The number of nitrogens with zero attached hydrogens (tertiary/aromatic N) is 2. The molecular formula is C17H10BrN3OS. The Labute approximate surface area is 145 Å². The van der Waals surface area contributed by atoms with Gasteiger partial charge in [0.15, 0.2) is 5.75 Å². The van der Waals surface area contributed by atoms with Gasteiger partial charge in [-0.25, -0.2) is 0 Å². The highest BCUT2D eigenvalue weighted by Crippen LogP contribution is 2.46. The first-order valence-electron chi connectivity index (χ1n) is 6.88. The maximum absolute atomic E-state index is 9.55. The second kappa shape index (κ2) is 5.37. The van der Waals surface area contributed by atoms with Gasteiger partial charge in [-0.1, -0.05) is 18.2 Å². The summed E-state index contributed by atoms with van der Waals surface area (Å²) in [5.41, 5.74) is 8.13.